The van der Waals surface area contributed by atoms with Gasteiger partial charge in [-0.1, -0.05) is 0 Å². The van der Waals surface area contributed by atoms with Crippen molar-refractivity contribution >= 4 is 0 Å². The minimum Gasteiger partial charge on any atom is -0.317 e. The van der Waals surface area contributed by atoms with Crippen LogP contribution in [0.4, 0.5) is 8.78 Å². The van der Waals surface area contributed by atoms with Gasteiger partial charge in [-0.15, -0.1) is 0 Å². The van der Waals surface area contributed by atoms with Crippen LogP contribution in [-0.2, 0) is 0 Å². The van der Waals surface area contributed by atoms with Gasteiger partial charge in [0.15, 0.2) is 0 Å². The number of hydrogen-bond acceptors (Lipinski definition) is 2. The van der Waals surface area contributed by atoms with E-state index in [4.69, 9.17) is 0 Å². The van der Waals surface area contributed by atoms with Crippen LogP contribution in [0.1, 0.15) is 38.3 Å². The molecule has 106 valence electrons. The molecule has 1 N–H and O–H groups in total. The largest absolute Gasteiger partial charge is 0.317 e. The average molecular weight is 268 g/mol. The summed E-state index contributed by atoms with van der Waals surface area (Å²) in [6.45, 7) is 5.21. The van der Waals surface area contributed by atoms with E-state index in [0.29, 0.717) is 12.1 Å². The minimum atomic E-state index is -0.495. The molecule has 0 unspecified atom stereocenters. The fourth-order valence-corrected chi connectivity index (χ4v) is 2.96. The SMILES string of the molecule is CN[C@@H]1CCN(C(C)C)[C@H](c2cc(F)cc(F)c2)C1. The van der Waals surface area contributed by atoms with Gasteiger partial charge < -0.3 is 5.32 Å². The molecule has 1 fully saturated rings. The first-order valence-electron chi connectivity index (χ1n) is 6.90. The zero-order valence-corrected chi connectivity index (χ0v) is 11.8. The van der Waals surface area contributed by atoms with Crippen molar-refractivity contribution in [3.05, 3.63) is 35.4 Å². The molecule has 1 aromatic rings. The van der Waals surface area contributed by atoms with Crippen LogP contribution in [-0.4, -0.2) is 30.6 Å². The highest BCUT2D eigenvalue weighted by atomic mass is 19.1. The van der Waals surface area contributed by atoms with E-state index in [1.807, 2.05) is 7.05 Å². The minimum absolute atomic E-state index is 0.0800. The van der Waals surface area contributed by atoms with Gasteiger partial charge in [0.2, 0.25) is 0 Å². The van der Waals surface area contributed by atoms with Gasteiger partial charge in [-0.25, -0.2) is 8.78 Å². The molecule has 1 saturated heterocycles. The highest BCUT2D eigenvalue weighted by molar-refractivity contribution is 5.22. The standard InChI is InChI=1S/C15H22F2N2/c1-10(2)19-5-4-14(18-3)9-15(19)11-6-12(16)8-13(17)7-11/h6-8,10,14-15,18H,4-5,9H2,1-3H3/t14-,15+/m1/s1. The molecule has 1 heterocycles. The maximum Gasteiger partial charge on any atom is 0.126 e. The summed E-state index contributed by atoms with van der Waals surface area (Å²) in [7, 11) is 1.94. The van der Waals surface area contributed by atoms with E-state index >= 15 is 0 Å². The first-order chi connectivity index (χ1) is 9.01. The lowest BCUT2D eigenvalue weighted by molar-refractivity contribution is 0.0941. The molecule has 0 aliphatic carbocycles. The third-order valence-corrected chi connectivity index (χ3v) is 3.99. The summed E-state index contributed by atoms with van der Waals surface area (Å²) in [6.07, 6.45) is 1.96. The van der Waals surface area contributed by atoms with Crippen LogP contribution in [0.15, 0.2) is 18.2 Å². The molecule has 2 rings (SSSR count). The summed E-state index contributed by atoms with van der Waals surface area (Å²) in [5.74, 6) is -0.990. The molecule has 0 aromatic heterocycles. The zero-order chi connectivity index (χ0) is 14.0. The summed E-state index contributed by atoms with van der Waals surface area (Å²) in [5.41, 5.74) is 0.742. The fraction of sp³-hybridized carbons (Fsp3) is 0.600. The lowest BCUT2D eigenvalue weighted by atomic mass is 9.90. The summed E-state index contributed by atoms with van der Waals surface area (Å²) in [4.78, 5) is 2.32. The second-order valence-corrected chi connectivity index (χ2v) is 5.56. The summed E-state index contributed by atoms with van der Waals surface area (Å²) >= 11 is 0. The molecule has 0 radical (unpaired) electrons. The first kappa shape index (κ1) is 14.4. The van der Waals surface area contributed by atoms with E-state index in [0.717, 1.165) is 31.0 Å². The van der Waals surface area contributed by atoms with Crippen molar-refractivity contribution in [1.82, 2.24) is 10.2 Å². The van der Waals surface area contributed by atoms with Gasteiger partial charge in [-0.2, -0.15) is 0 Å². The number of likely N-dealkylation sites (tertiary alicyclic amines) is 1. The summed E-state index contributed by atoms with van der Waals surface area (Å²) < 4.78 is 26.8. The van der Waals surface area contributed by atoms with Gasteiger partial charge in [-0.05, 0) is 51.4 Å². The van der Waals surface area contributed by atoms with Gasteiger partial charge in [-0.3, -0.25) is 4.90 Å². The Kier molecular flexibility index (Phi) is 4.53. The highest BCUT2D eigenvalue weighted by Crippen LogP contribution is 2.33. The monoisotopic (exact) mass is 268 g/mol. The number of halogens is 2. The third-order valence-electron chi connectivity index (χ3n) is 3.99. The summed E-state index contributed by atoms with van der Waals surface area (Å²) in [6, 6.07) is 4.71. The van der Waals surface area contributed by atoms with Crippen molar-refractivity contribution in [3.8, 4) is 0 Å². The van der Waals surface area contributed by atoms with Gasteiger partial charge in [0.25, 0.3) is 0 Å². The van der Waals surface area contributed by atoms with E-state index in [2.05, 4.69) is 24.1 Å². The maximum absolute atomic E-state index is 13.4. The van der Waals surface area contributed by atoms with Crippen LogP contribution < -0.4 is 5.32 Å². The molecule has 19 heavy (non-hydrogen) atoms. The molecule has 0 saturated carbocycles. The third kappa shape index (κ3) is 3.31. The molecule has 2 nitrogen and oxygen atoms in total. The van der Waals surface area contributed by atoms with Gasteiger partial charge in [0, 0.05) is 30.7 Å². The van der Waals surface area contributed by atoms with Gasteiger partial charge in [0.1, 0.15) is 11.6 Å². The Labute approximate surface area is 113 Å². The zero-order valence-electron chi connectivity index (χ0n) is 11.8. The molecular formula is C15H22F2N2. The number of rotatable bonds is 3. The van der Waals surface area contributed by atoms with Gasteiger partial charge >= 0.3 is 0 Å². The Bertz CT molecular complexity index is 414. The fourth-order valence-electron chi connectivity index (χ4n) is 2.96. The van der Waals surface area contributed by atoms with E-state index in [1.54, 1.807) is 0 Å². The number of nitrogens with one attached hydrogen (secondary N) is 1. The van der Waals surface area contributed by atoms with Crippen LogP contribution >= 0.6 is 0 Å². The lowest BCUT2D eigenvalue weighted by Crippen LogP contribution is -2.46. The van der Waals surface area contributed by atoms with E-state index in [-0.39, 0.29) is 6.04 Å². The number of nitrogens with zero attached hydrogens (tertiary/aromatic N) is 1. The van der Waals surface area contributed by atoms with Crippen molar-refractivity contribution in [3.63, 3.8) is 0 Å². The molecular weight excluding hydrogens is 246 g/mol. The number of benzene rings is 1. The topological polar surface area (TPSA) is 15.3 Å². The molecule has 0 spiro atoms. The Morgan fingerprint density at radius 2 is 1.84 bits per heavy atom. The highest BCUT2D eigenvalue weighted by Gasteiger charge is 2.30. The Hall–Kier alpha value is -1.00. The normalized spacial score (nSPS) is 24.9. The molecule has 0 bridgehead atoms. The molecule has 1 aliphatic heterocycles. The number of hydrogen-bond donors (Lipinski definition) is 1. The summed E-state index contributed by atoms with van der Waals surface area (Å²) in [5, 5.41) is 3.28. The molecule has 1 aromatic carbocycles. The average Bonchev–Trinajstić information content (AvgIpc) is 2.36. The Balaban J connectivity index is 2.30. The second-order valence-electron chi connectivity index (χ2n) is 5.56. The lowest BCUT2D eigenvalue weighted by Gasteiger charge is -2.42. The van der Waals surface area contributed by atoms with E-state index < -0.39 is 11.6 Å². The van der Waals surface area contributed by atoms with E-state index in [9.17, 15) is 8.78 Å². The Morgan fingerprint density at radius 3 is 2.37 bits per heavy atom. The first-order valence-corrected chi connectivity index (χ1v) is 6.90. The smallest absolute Gasteiger partial charge is 0.126 e. The second kappa shape index (κ2) is 5.97. The predicted octanol–water partition coefficient (Wildman–Crippen LogP) is 3.10. The maximum atomic E-state index is 13.4. The van der Waals surface area contributed by atoms with Crippen LogP contribution in [0.5, 0.6) is 0 Å². The quantitative estimate of drug-likeness (QED) is 0.906. The molecule has 0 amide bonds. The van der Waals surface area contributed by atoms with Crippen molar-refractivity contribution in [2.75, 3.05) is 13.6 Å². The van der Waals surface area contributed by atoms with Crippen LogP contribution in [0.3, 0.4) is 0 Å². The molecule has 2 atom stereocenters. The number of piperidine rings is 1. The molecule has 1 aliphatic rings. The molecule has 4 heteroatoms. The van der Waals surface area contributed by atoms with Crippen molar-refractivity contribution < 1.29 is 8.78 Å². The Morgan fingerprint density at radius 1 is 1.21 bits per heavy atom. The van der Waals surface area contributed by atoms with Crippen LogP contribution in [0.25, 0.3) is 0 Å². The predicted molar refractivity (Wildman–Crippen MR) is 73.0 cm³/mol. The van der Waals surface area contributed by atoms with Crippen LogP contribution in [0.2, 0.25) is 0 Å². The van der Waals surface area contributed by atoms with Crippen molar-refractivity contribution in [1.29, 1.82) is 0 Å². The van der Waals surface area contributed by atoms with Crippen molar-refractivity contribution in [2.24, 2.45) is 0 Å². The van der Waals surface area contributed by atoms with E-state index in [1.165, 1.54) is 12.1 Å². The van der Waals surface area contributed by atoms with Gasteiger partial charge in [0.05, 0.1) is 0 Å². The van der Waals surface area contributed by atoms with Crippen molar-refractivity contribution in [2.45, 2.75) is 44.8 Å². The van der Waals surface area contributed by atoms with Crippen LogP contribution in [0, 0.1) is 11.6 Å².